The third kappa shape index (κ3) is 3.36. The minimum absolute atomic E-state index is 0.0157. The first-order chi connectivity index (χ1) is 12.0. The summed E-state index contributed by atoms with van der Waals surface area (Å²) in [7, 11) is 3.54. The number of rotatable bonds is 5. The van der Waals surface area contributed by atoms with Crippen molar-refractivity contribution in [3.63, 3.8) is 0 Å². The number of benzene rings is 2. The van der Waals surface area contributed by atoms with Gasteiger partial charge in [0, 0.05) is 31.9 Å². The highest BCUT2D eigenvalue weighted by Crippen LogP contribution is 2.19. The number of imidazole rings is 1. The summed E-state index contributed by atoms with van der Waals surface area (Å²) in [5.74, 6) is 1.01. The summed E-state index contributed by atoms with van der Waals surface area (Å²) in [5.41, 5.74) is 4.78. The molecule has 0 saturated carbocycles. The molecule has 0 unspecified atom stereocenters. The van der Waals surface area contributed by atoms with Crippen LogP contribution in [0.5, 0.6) is 0 Å². The average molecular weight is 336 g/mol. The molecule has 0 aliphatic carbocycles. The maximum Gasteiger partial charge on any atom is 0.253 e. The lowest BCUT2D eigenvalue weighted by Crippen LogP contribution is -2.22. The van der Waals surface area contributed by atoms with Crippen LogP contribution < -0.4 is 5.32 Å². The van der Waals surface area contributed by atoms with Crippen LogP contribution in [0.3, 0.4) is 0 Å². The molecule has 5 heteroatoms. The first kappa shape index (κ1) is 17.0. The third-order valence-electron chi connectivity index (χ3n) is 4.37. The van der Waals surface area contributed by atoms with Gasteiger partial charge < -0.3 is 14.8 Å². The molecule has 0 spiro atoms. The molecular formula is C20H24N4O. The summed E-state index contributed by atoms with van der Waals surface area (Å²) in [4.78, 5) is 18.6. The molecule has 0 bridgehead atoms. The van der Waals surface area contributed by atoms with Crippen LogP contribution >= 0.6 is 0 Å². The Labute approximate surface area is 148 Å². The Balaban J connectivity index is 1.85. The minimum atomic E-state index is 0.0157. The minimum Gasteiger partial charge on any atom is -0.378 e. The number of aromatic nitrogens is 2. The van der Waals surface area contributed by atoms with Crippen LogP contribution in [-0.4, -0.2) is 34.5 Å². The van der Waals surface area contributed by atoms with Gasteiger partial charge in [-0.1, -0.05) is 18.2 Å². The van der Waals surface area contributed by atoms with E-state index in [1.54, 1.807) is 19.0 Å². The summed E-state index contributed by atoms with van der Waals surface area (Å²) in [5, 5.41) is 3.40. The van der Waals surface area contributed by atoms with E-state index < -0.39 is 0 Å². The fraction of sp³-hybridized carbons (Fsp3) is 0.300. The highest BCUT2D eigenvalue weighted by atomic mass is 16.2. The predicted molar refractivity (Wildman–Crippen MR) is 102 cm³/mol. The molecule has 3 aromatic rings. The molecule has 3 rings (SSSR count). The number of fused-ring (bicyclic) bond motifs is 1. The first-order valence-corrected chi connectivity index (χ1v) is 8.51. The van der Waals surface area contributed by atoms with Crippen LogP contribution in [0.2, 0.25) is 0 Å². The van der Waals surface area contributed by atoms with Gasteiger partial charge in [-0.15, -0.1) is 0 Å². The Hall–Kier alpha value is -2.82. The SMILES string of the molecule is CCn1c(CNc2ccc(C)c(C(=O)N(C)C)c2)nc2ccccc21. The van der Waals surface area contributed by atoms with Gasteiger partial charge in [-0.05, 0) is 43.7 Å². The van der Waals surface area contributed by atoms with Crippen LogP contribution in [0.25, 0.3) is 11.0 Å². The summed E-state index contributed by atoms with van der Waals surface area (Å²) >= 11 is 0. The van der Waals surface area contributed by atoms with Crippen LogP contribution in [-0.2, 0) is 13.1 Å². The molecule has 0 aliphatic rings. The fourth-order valence-corrected chi connectivity index (χ4v) is 3.00. The second-order valence-corrected chi connectivity index (χ2v) is 6.34. The van der Waals surface area contributed by atoms with Gasteiger partial charge in [-0.25, -0.2) is 4.98 Å². The molecule has 2 aromatic carbocycles. The molecule has 1 aromatic heterocycles. The Morgan fingerprint density at radius 3 is 2.68 bits per heavy atom. The Kier molecular flexibility index (Phi) is 4.74. The van der Waals surface area contributed by atoms with Crippen molar-refractivity contribution in [1.82, 2.24) is 14.5 Å². The van der Waals surface area contributed by atoms with Crippen LogP contribution in [0.4, 0.5) is 5.69 Å². The Morgan fingerprint density at radius 2 is 1.96 bits per heavy atom. The zero-order valence-corrected chi connectivity index (χ0v) is 15.2. The van der Waals surface area contributed by atoms with Crippen molar-refractivity contribution in [2.75, 3.05) is 19.4 Å². The van der Waals surface area contributed by atoms with Gasteiger partial charge in [0.2, 0.25) is 0 Å². The van der Waals surface area contributed by atoms with Crippen molar-refractivity contribution in [3.8, 4) is 0 Å². The number of para-hydroxylation sites is 2. The summed E-state index contributed by atoms with van der Waals surface area (Å²) < 4.78 is 2.21. The lowest BCUT2D eigenvalue weighted by atomic mass is 10.1. The lowest BCUT2D eigenvalue weighted by Gasteiger charge is -2.14. The number of aryl methyl sites for hydroxylation is 2. The number of nitrogens with zero attached hydrogens (tertiary/aromatic N) is 3. The van der Waals surface area contributed by atoms with Gasteiger partial charge >= 0.3 is 0 Å². The van der Waals surface area contributed by atoms with E-state index in [1.807, 2.05) is 43.3 Å². The van der Waals surface area contributed by atoms with E-state index in [4.69, 9.17) is 4.98 Å². The molecule has 1 amide bonds. The van der Waals surface area contributed by atoms with Crippen molar-refractivity contribution in [3.05, 3.63) is 59.4 Å². The maximum absolute atomic E-state index is 12.3. The highest BCUT2D eigenvalue weighted by molar-refractivity contribution is 5.96. The van der Waals surface area contributed by atoms with Crippen molar-refractivity contribution >= 4 is 22.6 Å². The quantitative estimate of drug-likeness (QED) is 0.773. The van der Waals surface area contributed by atoms with Crippen molar-refractivity contribution in [1.29, 1.82) is 0 Å². The van der Waals surface area contributed by atoms with Gasteiger partial charge in [-0.2, -0.15) is 0 Å². The second-order valence-electron chi connectivity index (χ2n) is 6.34. The van der Waals surface area contributed by atoms with Crippen molar-refractivity contribution in [2.45, 2.75) is 26.9 Å². The monoisotopic (exact) mass is 336 g/mol. The predicted octanol–water partition coefficient (Wildman–Crippen LogP) is 3.68. The molecule has 1 heterocycles. The molecule has 130 valence electrons. The Morgan fingerprint density at radius 1 is 1.20 bits per heavy atom. The van der Waals surface area contributed by atoms with E-state index >= 15 is 0 Å². The van der Waals surface area contributed by atoms with E-state index in [2.05, 4.69) is 22.9 Å². The van der Waals surface area contributed by atoms with Gasteiger partial charge in [0.15, 0.2) is 0 Å². The standard InChI is InChI=1S/C20H24N4O/c1-5-24-18-9-7-6-8-17(18)22-19(24)13-21-15-11-10-14(2)16(12-15)20(25)23(3)4/h6-12,21H,5,13H2,1-4H3. The van der Waals surface area contributed by atoms with E-state index in [1.165, 1.54) is 0 Å². The molecule has 5 nitrogen and oxygen atoms in total. The molecule has 0 fully saturated rings. The maximum atomic E-state index is 12.3. The molecular weight excluding hydrogens is 312 g/mol. The summed E-state index contributed by atoms with van der Waals surface area (Å²) in [6, 6.07) is 14.1. The number of anilines is 1. The normalized spacial score (nSPS) is 10.9. The third-order valence-corrected chi connectivity index (χ3v) is 4.37. The van der Waals surface area contributed by atoms with Gasteiger partial charge in [0.25, 0.3) is 5.91 Å². The van der Waals surface area contributed by atoms with Gasteiger partial charge in [0.1, 0.15) is 5.82 Å². The van der Waals surface area contributed by atoms with E-state index in [9.17, 15) is 4.79 Å². The number of hydrogen-bond donors (Lipinski definition) is 1. The number of nitrogens with one attached hydrogen (secondary N) is 1. The largest absolute Gasteiger partial charge is 0.378 e. The van der Waals surface area contributed by atoms with E-state index in [0.717, 1.165) is 40.2 Å². The van der Waals surface area contributed by atoms with Crippen LogP contribution in [0.1, 0.15) is 28.7 Å². The molecule has 0 aliphatic heterocycles. The van der Waals surface area contributed by atoms with Crippen molar-refractivity contribution < 1.29 is 4.79 Å². The summed E-state index contributed by atoms with van der Waals surface area (Å²) in [6.07, 6.45) is 0. The lowest BCUT2D eigenvalue weighted by molar-refractivity contribution is 0.0827. The molecule has 0 saturated heterocycles. The molecule has 1 N–H and O–H groups in total. The topological polar surface area (TPSA) is 50.2 Å². The number of amides is 1. The van der Waals surface area contributed by atoms with E-state index in [0.29, 0.717) is 6.54 Å². The molecule has 25 heavy (non-hydrogen) atoms. The second kappa shape index (κ2) is 6.97. The van der Waals surface area contributed by atoms with Gasteiger partial charge in [0.05, 0.1) is 17.6 Å². The number of carbonyl (C=O) groups excluding carboxylic acids is 1. The summed E-state index contributed by atoms with van der Waals surface area (Å²) in [6.45, 7) is 5.56. The zero-order chi connectivity index (χ0) is 18.0. The zero-order valence-electron chi connectivity index (χ0n) is 15.2. The van der Waals surface area contributed by atoms with Crippen LogP contribution in [0.15, 0.2) is 42.5 Å². The smallest absolute Gasteiger partial charge is 0.253 e. The number of carbonyl (C=O) groups is 1. The number of hydrogen-bond acceptors (Lipinski definition) is 3. The van der Waals surface area contributed by atoms with E-state index in [-0.39, 0.29) is 5.91 Å². The van der Waals surface area contributed by atoms with Crippen LogP contribution in [0, 0.1) is 6.92 Å². The van der Waals surface area contributed by atoms with Gasteiger partial charge in [-0.3, -0.25) is 4.79 Å². The fourth-order valence-electron chi connectivity index (χ4n) is 3.00. The van der Waals surface area contributed by atoms with Crippen molar-refractivity contribution in [2.24, 2.45) is 0 Å². The average Bonchev–Trinajstić information content (AvgIpc) is 2.97. The molecule has 0 atom stereocenters. The Bertz CT molecular complexity index is 911. The first-order valence-electron chi connectivity index (χ1n) is 8.51. The highest BCUT2D eigenvalue weighted by Gasteiger charge is 2.13. The molecule has 0 radical (unpaired) electrons.